The van der Waals surface area contributed by atoms with Crippen LogP contribution in [0.5, 0.6) is 0 Å². The van der Waals surface area contributed by atoms with Gasteiger partial charge in [-0.2, -0.15) is 0 Å². The molecule has 2 bridgehead atoms. The molecule has 2 saturated carbocycles. The van der Waals surface area contributed by atoms with Crippen molar-refractivity contribution in [3.05, 3.63) is 108 Å². The highest BCUT2D eigenvalue weighted by atomic mass is 16.6. The van der Waals surface area contributed by atoms with E-state index < -0.39 is 11.6 Å². The van der Waals surface area contributed by atoms with Crippen LogP contribution in [0.1, 0.15) is 48.8 Å². The van der Waals surface area contributed by atoms with Crippen LogP contribution >= 0.6 is 0 Å². The Kier molecular flexibility index (Phi) is 6.88. The topological polar surface area (TPSA) is 46.5 Å². The molecule has 0 spiro atoms. The number of quaternary nitrogens is 1. The number of carbonyl (C=O) groups excluding carboxylic acids is 1. The van der Waals surface area contributed by atoms with Gasteiger partial charge in [0.05, 0.1) is 26.2 Å². The van der Waals surface area contributed by atoms with Gasteiger partial charge < -0.3 is 14.3 Å². The summed E-state index contributed by atoms with van der Waals surface area (Å²) < 4.78 is 7.39. The average Bonchev–Trinajstić information content (AvgIpc) is 3.54. The van der Waals surface area contributed by atoms with Crippen molar-refractivity contribution in [1.82, 2.24) is 0 Å². The zero-order valence-corrected chi connectivity index (χ0v) is 22.4. The van der Waals surface area contributed by atoms with Crippen LogP contribution in [0.3, 0.4) is 0 Å². The second-order valence-corrected chi connectivity index (χ2v) is 12.2. The molecule has 3 fully saturated rings. The highest BCUT2D eigenvalue weighted by molar-refractivity contribution is 5.85. The second kappa shape index (κ2) is 10.3. The predicted octanol–water partition coefficient (Wildman–Crippen LogP) is 5.73. The Bertz CT molecular complexity index is 1180. The van der Waals surface area contributed by atoms with E-state index in [0.717, 1.165) is 23.2 Å². The molecule has 4 heteroatoms. The Morgan fingerprint density at radius 1 is 0.842 bits per heavy atom. The lowest BCUT2D eigenvalue weighted by Crippen LogP contribution is -2.58. The van der Waals surface area contributed by atoms with Crippen molar-refractivity contribution >= 4 is 5.97 Å². The van der Waals surface area contributed by atoms with Gasteiger partial charge in [0.2, 0.25) is 5.60 Å². The third-order valence-corrected chi connectivity index (χ3v) is 9.93. The highest BCUT2D eigenvalue weighted by Gasteiger charge is 2.59. The van der Waals surface area contributed by atoms with Gasteiger partial charge in [-0.1, -0.05) is 91.0 Å². The fourth-order valence-electron chi connectivity index (χ4n) is 7.99. The van der Waals surface area contributed by atoms with E-state index in [1.807, 2.05) is 60.7 Å². The highest BCUT2D eigenvalue weighted by Crippen LogP contribution is 2.52. The minimum absolute atomic E-state index is 0.123. The van der Waals surface area contributed by atoms with Gasteiger partial charge in [0.15, 0.2) is 0 Å². The van der Waals surface area contributed by atoms with Crippen LogP contribution in [0.4, 0.5) is 0 Å². The van der Waals surface area contributed by atoms with Crippen molar-refractivity contribution in [2.75, 3.05) is 20.1 Å². The molecule has 3 aromatic rings. The number of piperidine rings is 1. The molecule has 0 unspecified atom stereocenters. The average molecular weight is 511 g/mol. The van der Waals surface area contributed by atoms with Crippen molar-refractivity contribution < 1.29 is 19.1 Å². The van der Waals surface area contributed by atoms with E-state index in [-0.39, 0.29) is 6.10 Å². The third kappa shape index (κ3) is 4.58. The summed E-state index contributed by atoms with van der Waals surface area (Å²) in [5, 5.41) is 11.9. The molecule has 0 radical (unpaired) electrons. The lowest BCUT2D eigenvalue weighted by Gasteiger charge is -2.47. The van der Waals surface area contributed by atoms with E-state index in [4.69, 9.17) is 4.74 Å². The minimum atomic E-state index is -1.81. The lowest BCUT2D eigenvalue weighted by atomic mass is 9.86. The molecule has 3 aliphatic rings. The van der Waals surface area contributed by atoms with Crippen LogP contribution in [-0.2, 0) is 21.6 Å². The Balaban J connectivity index is 1.16. The molecule has 1 aliphatic heterocycles. The molecule has 0 aromatic heterocycles. The summed E-state index contributed by atoms with van der Waals surface area (Å²) in [7, 11) is 2.45. The second-order valence-electron chi connectivity index (χ2n) is 12.2. The SMILES string of the molecule is C[N+]1([C@H]2[C@H]3CC[C@@H]2[C@H](OC(=O)C(O)(c2ccccc2)c2ccccc2)C3)CCC(Cc2ccccc2)CC1. The number of fused-ring (bicyclic) bond motifs is 2. The Hall–Kier alpha value is -2.95. The molecule has 6 rings (SSSR count). The van der Waals surface area contributed by atoms with Gasteiger partial charge >= 0.3 is 5.97 Å². The number of hydrogen-bond donors (Lipinski definition) is 1. The van der Waals surface area contributed by atoms with Crippen molar-refractivity contribution in [3.8, 4) is 0 Å². The first-order valence-corrected chi connectivity index (χ1v) is 14.4. The number of nitrogens with zero attached hydrogens (tertiary/aromatic N) is 1. The Morgan fingerprint density at radius 2 is 1.39 bits per heavy atom. The van der Waals surface area contributed by atoms with Gasteiger partial charge in [-0.05, 0) is 61.1 Å². The maximum atomic E-state index is 13.8. The molecular weight excluding hydrogens is 470 g/mol. The molecule has 2 aliphatic carbocycles. The molecule has 4 atom stereocenters. The summed E-state index contributed by atoms with van der Waals surface area (Å²) in [6.07, 6.45) is 6.83. The quantitative estimate of drug-likeness (QED) is 0.326. The minimum Gasteiger partial charge on any atom is -0.459 e. The Morgan fingerprint density at radius 3 is 1.97 bits per heavy atom. The van der Waals surface area contributed by atoms with Gasteiger partial charge in [0, 0.05) is 11.8 Å². The van der Waals surface area contributed by atoms with Crippen LogP contribution in [0, 0.1) is 17.8 Å². The monoisotopic (exact) mass is 510 g/mol. The fraction of sp³-hybridized carbons (Fsp3) is 0.441. The maximum absolute atomic E-state index is 13.8. The molecule has 38 heavy (non-hydrogen) atoms. The molecule has 1 saturated heterocycles. The number of ether oxygens (including phenoxy) is 1. The summed E-state index contributed by atoms with van der Waals surface area (Å²) in [5.74, 6) is 1.17. The van der Waals surface area contributed by atoms with Crippen molar-refractivity contribution in [3.63, 3.8) is 0 Å². The number of aliphatic hydroxyl groups is 1. The van der Waals surface area contributed by atoms with Crippen LogP contribution in [0.2, 0.25) is 0 Å². The summed E-state index contributed by atoms with van der Waals surface area (Å²) in [6, 6.07) is 29.9. The maximum Gasteiger partial charge on any atom is 0.347 e. The normalized spacial score (nSPS) is 30.7. The van der Waals surface area contributed by atoms with Crippen LogP contribution in [0.25, 0.3) is 0 Å². The van der Waals surface area contributed by atoms with Crippen molar-refractivity contribution in [1.29, 1.82) is 0 Å². The first-order chi connectivity index (χ1) is 18.5. The standard InChI is InChI=1S/C34H40NO3/c1-35(21-19-26(20-22-35)23-25-11-5-2-6-12-25)32-27-17-18-30(32)31(24-27)38-33(36)34(37,28-13-7-3-8-14-28)29-15-9-4-10-16-29/h2-16,26-27,30-32,37H,17-24H2,1H3/q+1/t26?,27-,30+,31+,32-,35?/m0/s1. The summed E-state index contributed by atoms with van der Waals surface area (Å²) >= 11 is 0. The number of likely N-dealkylation sites (tertiary alicyclic amines) is 1. The van der Waals surface area contributed by atoms with Crippen molar-refractivity contribution in [2.24, 2.45) is 17.8 Å². The molecule has 1 N–H and O–H groups in total. The third-order valence-electron chi connectivity index (χ3n) is 9.93. The lowest BCUT2D eigenvalue weighted by molar-refractivity contribution is -0.943. The predicted molar refractivity (Wildman–Crippen MR) is 149 cm³/mol. The zero-order chi connectivity index (χ0) is 26.2. The molecule has 0 amide bonds. The first kappa shape index (κ1) is 25.3. The molecule has 4 nitrogen and oxygen atoms in total. The van der Waals surface area contributed by atoms with Gasteiger partial charge in [-0.15, -0.1) is 0 Å². The number of benzene rings is 3. The van der Waals surface area contributed by atoms with Gasteiger partial charge in [-0.3, -0.25) is 0 Å². The first-order valence-electron chi connectivity index (χ1n) is 14.4. The van der Waals surface area contributed by atoms with Crippen LogP contribution in [-0.4, -0.2) is 47.8 Å². The van der Waals surface area contributed by atoms with Gasteiger partial charge in [-0.25, -0.2) is 4.79 Å². The molecular formula is C34H40NO3+. The van der Waals surface area contributed by atoms with E-state index in [9.17, 15) is 9.90 Å². The van der Waals surface area contributed by atoms with Gasteiger partial charge in [0.25, 0.3) is 0 Å². The van der Waals surface area contributed by atoms with Crippen LogP contribution in [0.15, 0.2) is 91.0 Å². The number of esters is 1. The van der Waals surface area contributed by atoms with Crippen LogP contribution < -0.4 is 0 Å². The molecule has 198 valence electrons. The van der Waals surface area contributed by atoms with Crippen molar-refractivity contribution in [2.45, 2.75) is 56.3 Å². The molecule has 1 heterocycles. The number of rotatable bonds is 7. The zero-order valence-electron chi connectivity index (χ0n) is 22.4. The van der Waals surface area contributed by atoms with E-state index in [1.54, 1.807) is 0 Å². The van der Waals surface area contributed by atoms with E-state index >= 15 is 0 Å². The van der Waals surface area contributed by atoms with E-state index in [1.165, 1.54) is 44.3 Å². The molecule has 3 aromatic carbocycles. The number of carbonyl (C=O) groups is 1. The Labute approximate surface area is 226 Å². The summed E-state index contributed by atoms with van der Waals surface area (Å²) in [4.78, 5) is 13.8. The smallest absolute Gasteiger partial charge is 0.347 e. The largest absolute Gasteiger partial charge is 0.459 e. The summed E-state index contributed by atoms with van der Waals surface area (Å²) in [5.41, 5.74) is 0.741. The fourth-order valence-corrected chi connectivity index (χ4v) is 7.99. The number of hydrogen-bond acceptors (Lipinski definition) is 3. The van der Waals surface area contributed by atoms with E-state index in [2.05, 4.69) is 37.4 Å². The summed E-state index contributed by atoms with van der Waals surface area (Å²) in [6.45, 7) is 2.40. The van der Waals surface area contributed by atoms with E-state index in [0.29, 0.717) is 29.0 Å². The van der Waals surface area contributed by atoms with Gasteiger partial charge in [0.1, 0.15) is 6.10 Å².